The van der Waals surface area contributed by atoms with E-state index in [1.807, 2.05) is 18.2 Å². The molecule has 4 aliphatic carbocycles. The van der Waals surface area contributed by atoms with Gasteiger partial charge in [-0.1, -0.05) is 24.3 Å². The lowest BCUT2D eigenvalue weighted by Gasteiger charge is -2.54. The first-order valence-corrected chi connectivity index (χ1v) is 10.1. The maximum absolute atomic E-state index is 12.8. The van der Waals surface area contributed by atoms with E-state index in [0.29, 0.717) is 35.0 Å². The fraction of sp³-hybridized carbons (Fsp3) is 0.478. The number of hydrogen-bond donors (Lipinski definition) is 1. The molecule has 0 aliphatic heterocycles. The third kappa shape index (κ3) is 3.01. The average Bonchev–Trinajstić information content (AvgIpc) is 3.14. The van der Waals surface area contributed by atoms with E-state index in [-0.39, 0.29) is 11.7 Å². The highest BCUT2D eigenvalue weighted by Crippen LogP contribution is 2.53. The summed E-state index contributed by atoms with van der Waals surface area (Å²) in [6.07, 6.45) is 6.54. The van der Waals surface area contributed by atoms with Crippen LogP contribution in [0.5, 0.6) is 0 Å². The molecule has 0 unspecified atom stereocenters. The number of amides is 1. The van der Waals surface area contributed by atoms with Gasteiger partial charge in [0.15, 0.2) is 11.5 Å². The van der Waals surface area contributed by atoms with Crippen LogP contribution in [0.25, 0.3) is 11.3 Å². The SMILES string of the molecule is CC(=O)c1ccc(-c2ccc(C(=O)NC3C4CC5CC(C4)CC3C5)o2)cc1. The van der Waals surface area contributed by atoms with Crippen LogP contribution in [-0.2, 0) is 0 Å². The summed E-state index contributed by atoms with van der Waals surface area (Å²) in [5, 5.41) is 3.29. The Bertz CT molecular complexity index is 851. The zero-order chi connectivity index (χ0) is 18.5. The van der Waals surface area contributed by atoms with Gasteiger partial charge in [-0.05, 0) is 74.8 Å². The second-order valence-corrected chi connectivity index (χ2v) is 8.73. The third-order valence-corrected chi connectivity index (χ3v) is 6.93. The maximum Gasteiger partial charge on any atom is 0.287 e. The van der Waals surface area contributed by atoms with Crippen LogP contribution >= 0.6 is 0 Å². The molecule has 1 aromatic carbocycles. The first kappa shape index (κ1) is 16.8. The van der Waals surface area contributed by atoms with Crippen LogP contribution in [0.15, 0.2) is 40.8 Å². The van der Waals surface area contributed by atoms with Gasteiger partial charge in [0.25, 0.3) is 5.91 Å². The minimum Gasteiger partial charge on any atom is -0.451 e. The lowest BCUT2D eigenvalue weighted by atomic mass is 9.54. The van der Waals surface area contributed by atoms with Crippen molar-refractivity contribution < 1.29 is 14.0 Å². The van der Waals surface area contributed by atoms with Gasteiger partial charge < -0.3 is 9.73 Å². The van der Waals surface area contributed by atoms with Gasteiger partial charge in [0, 0.05) is 17.2 Å². The van der Waals surface area contributed by atoms with Gasteiger partial charge in [0.05, 0.1) is 0 Å². The Labute approximate surface area is 159 Å². The molecule has 27 heavy (non-hydrogen) atoms. The van der Waals surface area contributed by atoms with E-state index in [1.165, 1.54) is 32.1 Å². The molecule has 4 saturated carbocycles. The molecule has 0 saturated heterocycles. The first-order valence-electron chi connectivity index (χ1n) is 10.1. The van der Waals surface area contributed by atoms with Gasteiger partial charge in [-0.2, -0.15) is 0 Å². The van der Waals surface area contributed by atoms with Crippen molar-refractivity contribution in [2.24, 2.45) is 23.7 Å². The second-order valence-electron chi connectivity index (χ2n) is 8.73. The summed E-state index contributed by atoms with van der Waals surface area (Å²) in [5.74, 6) is 4.06. The van der Waals surface area contributed by atoms with Crippen LogP contribution < -0.4 is 5.32 Å². The summed E-state index contributed by atoms with van der Waals surface area (Å²) >= 11 is 0. The van der Waals surface area contributed by atoms with E-state index in [9.17, 15) is 9.59 Å². The zero-order valence-electron chi connectivity index (χ0n) is 15.6. The number of carbonyl (C=O) groups excluding carboxylic acids is 2. The number of ketones is 1. The van der Waals surface area contributed by atoms with Gasteiger partial charge in [0.1, 0.15) is 5.76 Å². The summed E-state index contributed by atoms with van der Waals surface area (Å²) < 4.78 is 5.83. The highest BCUT2D eigenvalue weighted by Gasteiger charge is 2.48. The molecular weight excluding hydrogens is 338 g/mol. The van der Waals surface area contributed by atoms with Crippen LogP contribution in [0.1, 0.15) is 59.9 Å². The van der Waals surface area contributed by atoms with Crippen molar-refractivity contribution in [2.45, 2.75) is 45.1 Å². The first-order chi connectivity index (χ1) is 13.1. The molecule has 1 heterocycles. The number of carbonyl (C=O) groups is 2. The standard InChI is InChI=1S/C23H25NO3/c1-13(25)16-2-4-17(5-3-16)20-6-7-21(27-20)23(26)24-22-18-9-14-8-15(11-18)12-19(22)10-14/h2-7,14-15,18-19,22H,8-12H2,1H3,(H,24,26). The summed E-state index contributed by atoms with van der Waals surface area (Å²) in [4.78, 5) is 24.2. The van der Waals surface area contributed by atoms with E-state index >= 15 is 0 Å². The predicted octanol–water partition coefficient (Wildman–Crippen LogP) is 4.70. The molecule has 4 aliphatic rings. The Hall–Kier alpha value is -2.36. The Morgan fingerprint density at radius 3 is 2.11 bits per heavy atom. The molecule has 4 nitrogen and oxygen atoms in total. The van der Waals surface area contributed by atoms with E-state index < -0.39 is 0 Å². The predicted molar refractivity (Wildman–Crippen MR) is 102 cm³/mol. The molecule has 0 radical (unpaired) electrons. The van der Waals surface area contributed by atoms with Crippen molar-refractivity contribution in [1.82, 2.24) is 5.32 Å². The van der Waals surface area contributed by atoms with Crippen molar-refractivity contribution in [2.75, 3.05) is 0 Å². The normalized spacial score (nSPS) is 31.1. The molecular formula is C23H25NO3. The fourth-order valence-electron chi connectivity index (χ4n) is 5.87. The van der Waals surface area contributed by atoms with Crippen molar-refractivity contribution in [3.63, 3.8) is 0 Å². The Kier molecular flexibility index (Phi) is 3.96. The molecule has 1 N–H and O–H groups in total. The lowest BCUT2D eigenvalue weighted by molar-refractivity contribution is -0.0122. The number of furan rings is 1. The number of rotatable bonds is 4. The highest BCUT2D eigenvalue weighted by molar-refractivity contribution is 5.94. The molecule has 4 heteroatoms. The Morgan fingerprint density at radius 2 is 1.52 bits per heavy atom. The van der Waals surface area contributed by atoms with E-state index in [0.717, 1.165) is 17.4 Å². The van der Waals surface area contributed by atoms with Crippen LogP contribution in [0.2, 0.25) is 0 Å². The average molecular weight is 363 g/mol. The van der Waals surface area contributed by atoms with Crippen molar-refractivity contribution >= 4 is 11.7 Å². The molecule has 1 amide bonds. The van der Waals surface area contributed by atoms with Gasteiger partial charge in [-0.15, -0.1) is 0 Å². The Morgan fingerprint density at radius 1 is 0.889 bits per heavy atom. The largest absolute Gasteiger partial charge is 0.451 e. The molecule has 140 valence electrons. The molecule has 4 fully saturated rings. The number of Topliss-reactive ketones (excluding diaryl/α,β-unsaturated/α-hetero) is 1. The molecule has 1 aromatic heterocycles. The molecule has 6 rings (SSSR count). The topological polar surface area (TPSA) is 59.3 Å². The van der Waals surface area contributed by atoms with Crippen LogP contribution in [-0.4, -0.2) is 17.7 Å². The van der Waals surface area contributed by atoms with E-state index in [1.54, 1.807) is 25.1 Å². The molecule has 0 spiro atoms. The third-order valence-electron chi connectivity index (χ3n) is 6.93. The maximum atomic E-state index is 12.8. The van der Waals surface area contributed by atoms with Crippen LogP contribution in [0.4, 0.5) is 0 Å². The van der Waals surface area contributed by atoms with Gasteiger partial charge >= 0.3 is 0 Å². The minimum absolute atomic E-state index is 0.0386. The number of nitrogens with one attached hydrogen (secondary N) is 1. The molecule has 0 atom stereocenters. The molecule has 4 bridgehead atoms. The van der Waals surface area contributed by atoms with Crippen LogP contribution in [0, 0.1) is 23.7 Å². The summed E-state index contributed by atoms with van der Waals surface area (Å²) in [6, 6.07) is 11.2. The smallest absolute Gasteiger partial charge is 0.287 e. The lowest BCUT2D eigenvalue weighted by Crippen LogP contribution is -2.55. The molecule has 2 aromatic rings. The van der Waals surface area contributed by atoms with E-state index in [2.05, 4.69) is 5.32 Å². The monoisotopic (exact) mass is 363 g/mol. The minimum atomic E-state index is -0.0981. The van der Waals surface area contributed by atoms with Crippen molar-refractivity contribution in [1.29, 1.82) is 0 Å². The van der Waals surface area contributed by atoms with Gasteiger partial charge in [-0.25, -0.2) is 0 Å². The van der Waals surface area contributed by atoms with E-state index in [4.69, 9.17) is 4.42 Å². The number of hydrogen-bond acceptors (Lipinski definition) is 3. The highest BCUT2D eigenvalue weighted by atomic mass is 16.3. The number of benzene rings is 1. The van der Waals surface area contributed by atoms with Gasteiger partial charge in [0.2, 0.25) is 0 Å². The van der Waals surface area contributed by atoms with Gasteiger partial charge in [-0.3, -0.25) is 9.59 Å². The zero-order valence-corrected chi connectivity index (χ0v) is 15.6. The second kappa shape index (κ2) is 6.36. The Balaban J connectivity index is 1.30. The van der Waals surface area contributed by atoms with Crippen molar-refractivity contribution in [3.8, 4) is 11.3 Å². The van der Waals surface area contributed by atoms with Crippen molar-refractivity contribution in [3.05, 3.63) is 47.7 Å². The summed E-state index contributed by atoms with van der Waals surface area (Å²) in [6.45, 7) is 1.55. The fourth-order valence-corrected chi connectivity index (χ4v) is 5.87. The van der Waals surface area contributed by atoms with Crippen LogP contribution in [0.3, 0.4) is 0 Å². The summed E-state index contributed by atoms with van der Waals surface area (Å²) in [7, 11) is 0. The summed E-state index contributed by atoms with van der Waals surface area (Å²) in [5.41, 5.74) is 1.54. The quantitative estimate of drug-likeness (QED) is 0.801.